The molecule has 2 heterocycles. The fraction of sp³-hybridized carbons (Fsp3) is 0.875. The summed E-state index contributed by atoms with van der Waals surface area (Å²) >= 11 is 0. The highest BCUT2D eigenvalue weighted by molar-refractivity contribution is 5.78. The van der Waals surface area contributed by atoms with Crippen LogP contribution < -0.4 is 0 Å². The van der Waals surface area contributed by atoms with Crippen LogP contribution >= 0.6 is 0 Å². The van der Waals surface area contributed by atoms with E-state index in [1.54, 1.807) is 4.90 Å². The first-order chi connectivity index (χ1) is 5.61. The number of morpholine rings is 1. The lowest BCUT2D eigenvalue weighted by Crippen LogP contribution is -2.69. The fourth-order valence-electron chi connectivity index (χ4n) is 2.02. The van der Waals surface area contributed by atoms with E-state index in [2.05, 4.69) is 11.9 Å². The number of hydrogen-bond acceptors (Lipinski definition) is 3. The van der Waals surface area contributed by atoms with E-state index in [0.717, 1.165) is 19.6 Å². The fourth-order valence-corrected chi connectivity index (χ4v) is 2.02. The topological polar surface area (TPSA) is 32.8 Å². The van der Waals surface area contributed by atoms with Crippen molar-refractivity contribution in [3.05, 3.63) is 0 Å². The third-order valence-electron chi connectivity index (χ3n) is 2.57. The molecule has 12 heavy (non-hydrogen) atoms. The molecule has 0 aromatic heterocycles. The Hall–Kier alpha value is -0.610. The summed E-state index contributed by atoms with van der Waals surface area (Å²) in [6, 6.07) is 0. The van der Waals surface area contributed by atoms with Crippen molar-refractivity contribution in [3.63, 3.8) is 0 Å². The van der Waals surface area contributed by atoms with E-state index in [1.807, 2.05) is 7.05 Å². The van der Waals surface area contributed by atoms with Crippen molar-refractivity contribution >= 4 is 5.91 Å². The van der Waals surface area contributed by atoms with Crippen molar-refractivity contribution in [1.82, 2.24) is 9.80 Å². The first kappa shape index (κ1) is 8.01. The van der Waals surface area contributed by atoms with Gasteiger partial charge in [-0.05, 0) is 7.05 Å². The molecular formula is C8H14N2O2. The van der Waals surface area contributed by atoms with Gasteiger partial charge >= 0.3 is 0 Å². The van der Waals surface area contributed by atoms with Crippen LogP contribution in [0.3, 0.4) is 0 Å². The second-order valence-electron chi connectivity index (χ2n) is 3.89. The Kier molecular flexibility index (Phi) is 1.63. The number of nitrogens with zero attached hydrogens (tertiary/aromatic N) is 2. The monoisotopic (exact) mass is 170 g/mol. The van der Waals surface area contributed by atoms with Crippen molar-refractivity contribution < 1.29 is 9.53 Å². The third-order valence-corrected chi connectivity index (χ3v) is 2.57. The van der Waals surface area contributed by atoms with Crippen LogP contribution in [0, 0.1) is 0 Å². The second kappa shape index (κ2) is 2.44. The van der Waals surface area contributed by atoms with Crippen molar-refractivity contribution in [2.45, 2.75) is 5.60 Å². The van der Waals surface area contributed by atoms with Gasteiger partial charge in [0.1, 0.15) is 12.2 Å². The summed E-state index contributed by atoms with van der Waals surface area (Å²) < 4.78 is 5.52. The summed E-state index contributed by atoms with van der Waals surface area (Å²) in [6.07, 6.45) is 0. The molecule has 0 N–H and O–H groups in total. The van der Waals surface area contributed by atoms with E-state index in [9.17, 15) is 4.79 Å². The molecule has 2 saturated heterocycles. The number of carbonyl (C=O) groups is 1. The number of hydrogen-bond donors (Lipinski definition) is 0. The lowest BCUT2D eigenvalue weighted by atomic mass is 9.93. The molecule has 0 atom stereocenters. The molecule has 0 unspecified atom stereocenters. The maximum Gasteiger partial charge on any atom is 0.248 e. The summed E-state index contributed by atoms with van der Waals surface area (Å²) in [7, 11) is 3.90. The minimum absolute atomic E-state index is 0.0442. The maximum absolute atomic E-state index is 11.1. The van der Waals surface area contributed by atoms with Gasteiger partial charge in [0.2, 0.25) is 5.91 Å². The van der Waals surface area contributed by atoms with Gasteiger partial charge in [-0.1, -0.05) is 0 Å². The number of likely N-dealkylation sites (N-methyl/N-ethyl adjacent to an activating group) is 2. The van der Waals surface area contributed by atoms with E-state index in [-0.39, 0.29) is 18.1 Å². The number of amides is 1. The number of rotatable bonds is 0. The number of carbonyl (C=O) groups excluding carboxylic acids is 1. The van der Waals surface area contributed by atoms with Gasteiger partial charge in [0.05, 0.1) is 6.54 Å². The van der Waals surface area contributed by atoms with E-state index in [1.165, 1.54) is 0 Å². The van der Waals surface area contributed by atoms with Crippen molar-refractivity contribution in [1.29, 1.82) is 0 Å². The van der Waals surface area contributed by atoms with Gasteiger partial charge in [-0.2, -0.15) is 0 Å². The minimum Gasteiger partial charge on any atom is -0.361 e. The summed E-state index contributed by atoms with van der Waals surface area (Å²) in [4.78, 5) is 15.0. The van der Waals surface area contributed by atoms with Gasteiger partial charge < -0.3 is 14.5 Å². The third kappa shape index (κ3) is 1.11. The van der Waals surface area contributed by atoms with Gasteiger partial charge in [-0.3, -0.25) is 4.79 Å². The van der Waals surface area contributed by atoms with Crippen LogP contribution in [0.25, 0.3) is 0 Å². The lowest BCUT2D eigenvalue weighted by molar-refractivity contribution is -0.188. The van der Waals surface area contributed by atoms with Gasteiger partial charge in [0.25, 0.3) is 0 Å². The average Bonchev–Trinajstić information content (AvgIpc) is 1.95. The molecule has 2 rings (SSSR count). The Morgan fingerprint density at radius 3 is 2.50 bits per heavy atom. The molecule has 1 spiro atoms. The van der Waals surface area contributed by atoms with Crippen molar-refractivity contribution in [2.24, 2.45) is 0 Å². The highest BCUT2D eigenvalue weighted by Gasteiger charge is 2.46. The molecule has 2 aliphatic heterocycles. The van der Waals surface area contributed by atoms with Gasteiger partial charge in [-0.25, -0.2) is 0 Å². The zero-order valence-electron chi connectivity index (χ0n) is 7.54. The summed E-state index contributed by atoms with van der Waals surface area (Å²) in [5.41, 5.74) is -0.0442. The maximum atomic E-state index is 11.1. The minimum atomic E-state index is -0.0442. The van der Waals surface area contributed by atoms with Crippen LogP contribution in [0.5, 0.6) is 0 Å². The van der Waals surface area contributed by atoms with Gasteiger partial charge in [0, 0.05) is 20.1 Å². The van der Waals surface area contributed by atoms with E-state index in [4.69, 9.17) is 4.74 Å². The Labute approximate surface area is 72.1 Å². The normalized spacial score (nSPS) is 29.2. The Balaban J connectivity index is 1.99. The Bertz CT molecular complexity index is 211. The Morgan fingerprint density at radius 1 is 1.33 bits per heavy atom. The molecule has 4 nitrogen and oxygen atoms in total. The van der Waals surface area contributed by atoms with E-state index < -0.39 is 0 Å². The highest BCUT2D eigenvalue weighted by Crippen LogP contribution is 2.27. The van der Waals surface area contributed by atoms with Crippen LogP contribution in [0.1, 0.15) is 0 Å². The van der Waals surface area contributed by atoms with Crippen molar-refractivity contribution in [2.75, 3.05) is 40.3 Å². The van der Waals surface area contributed by atoms with Crippen molar-refractivity contribution in [3.8, 4) is 0 Å². The number of ether oxygens (including phenoxy) is 1. The molecule has 0 aliphatic carbocycles. The summed E-state index contributed by atoms with van der Waals surface area (Å²) in [6.45, 7) is 2.90. The van der Waals surface area contributed by atoms with Crippen LogP contribution in [-0.4, -0.2) is 61.6 Å². The zero-order chi connectivity index (χ0) is 8.77. The lowest BCUT2D eigenvalue weighted by Gasteiger charge is -2.51. The SMILES string of the molecule is CN1CC2(C1)CN(C)C(=O)CO2. The predicted octanol–water partition coefficient (Wildman–Crippen LogP) is -0.841. The van der Waals surface area contributed by atoms with Crippen LogP contribution in [0.15, 0.2) is 0 Å². The first-order valence-electron chi connectivity index (χ1n) is 4.18. The quantitative estimate of drug-likeness (QED) is 0.475. The summed E-state index contributed by atoms with van der Waals surface area (Å²) in [5.74, 6) is 0.0928. The predicted molar refractivity (Wildman–Crippen MR) is 43.8 cm³/mol. The zero-order valence-corrected chi connectivity index (χ0v) is 7.54. The largest absolute Gasteiger partial charge is 0.361 e. The van der Waals surface area contributed by atoms with E-state index in [0.29, 0.717) is 0 Å². The van der Waals surface area contributed by atoms with Gasteiger partial charge in [-0.15, -0.1) is 0 Å². The van der Waals surface area contributed by atoms with Gasteiger partial charge in [0.15, 0.2) is 0 Å². The molecule has 68 valence electrons. The van der Waals surface area contributed by atoms with Crippen LogP contribution in [0.2, 0.25) is 0 Å². The standard InChI is InChI=1S/C8H14N2O2/c1-9-4-8(5-9)6-10(2)7(11)3-12-8/h3-6H2,1-2H3. The molecule has 0 bridgehead atoms. The molecule has 0 saturated carbocycles. The molecule has 4 heteroatoms. The molecule has 0 aromatic rings. The smallest absolute Gasteiger partial charge is 0.248 e. The molecule has 1 amide bonds. The molecule has 2 aliphatic rings. The second-order valence-corrected chi connectivity index (χ2v) is 3.89. The highest BCUT2D eigenvalue weighted by atomic mass is 16.5. The molecule has 0 radical (unpaired) electrons. The Morgan fingerprint density at radius 2 is 2.00 bits per heavy atom. The molecular weight excluding hydrogens is 156 g/mol. The summed E-state index contributed by atoms with van der Waals surface area (Å²) in [5, 5.41) is 0. The van der Waals surface area contributed by atoms with Crippen LogP contribution in [-0.2, 0) is 9.53 Å². The van der Waals surface area contributed by atoms with E-state index >= 15 is 0 Å². The molecule has 2 fully saturated rings. The average molecular weight is 170 g/mol. The number of likely N-dealkylation sites (tertiary alicyclic amines) is 1. The molecule has 0 aromatic carbocycles. The van der Waals surface area contributed by atoms with Crippen LogP contribution in [0.4, 0.5) is 0 Å². The first-order valence-corrected chi connectivity index (χ1v) is 4.18.